The number of hydrogen-bond donors (Lipinski definition) is 1. The van der Waals surface area contributed by atoms with E-state index in [4.69, 9.17) is 4.74 Å². The molecule has 0 atom stereocenters. The average Bonchev–Trinajstić information content (AvgIpc) is 2.45. The molecule has 2 aromatic rings. The van der Waals surface area contributed by atoms with Gasteiger partial charge in [-0.1, -0.05) is 36.9 Å². The molecule has 1 aliphatic heterocycles. The van der Waals surface area contributed by atoms with Crippen LogP contribution in [0.2, 0.25) is 0 Å². The number of hydrogen-bond acceptors (Lipinski definition) is 4. The standard InChI is InChI=1S/C15H13NO2S/c1-2-14(17)18-11-7-5-9-13-15(11)16-10-6-3-4-8-12(10)19-13/h3-9,16H,2H2,1H3. The van der Waals surface area contributed by atoms with Crippen LogP contribution < -0.4 is 10.1 Å². The van der Waals surface area contributed by atoms with Crippen LogP contribution in [0, 0.1) is 0 Å². The van der Waals surface area contributed by atoms with Crippen LogP contribution in [0.1, 0.15) is 13.3 Å². The molecular formula is C15H13NO2S. The van der Waals surface area contributed by atoms with E-state index in [1.807, 2.05) is 36.4 Å². The number of esters is 1. The van der Waals surface area contributed by atoms with Crippen LogP contribution in [0.15, 0.2) is 52.3 Å². The van der Waals surface area contributed by atoms with E-state index in [0.29, 0.717) is 12.2 Å². The summed E-state index contributed by atoms with van der Waals surface area (Å²) in [7, 11) is 0. The number of carbonyl (C=O) groups excluding carboxylic acids is 1. The lowest BCUT2D eigenvalue weighted by Gasteiger charge is -2.22. The van der Waals surface area contributed by atoms with Crippen molar-refractivity contribution in [1.29, 1.82) is 0 Å². The zero-order valence-electron chi connectivity index (χ0n) is 10.5. The summed E-state index contributed by atoms with van der Waals surface area (Å²) < 4.78 is 5.36. The second-order valence-electron chi connectivity index (χ2n) is 4.18. The zero-order chi connectivity index (χ0) is 13.2. The Labute approximate surface area is 116 Å². The van der Waals surface area contributed by atoms with E-state index in [9.17, 15) is 4.79 Å². The highest BCUT2D eigenvalue weighted by Gasteiger charge is 2.19. The molecule has 3 rings (SSSR count). The van der Waals surface area contributed by atoms with Gasteiger partial charge in [0.2, 0.25) is 0 Å². The third kappa shape index (κ3) is 2.31. The van der Waals surface area contributed by atoms with E-state index < -0.39 is 0 Å². The fourth-order valence-electron chi connectivity index (χ4n) is 1.91. The third-order valence-corrected chi connectivity index (χ3v) is 4.00. The van der Waals surface area contributed by atoms with E-state index in [2.05, 4.69) is 11.4 Å². The number of anilines is 2. The number of ether oxygens (including phenoxy) is 1. The molecule has 0 fully saturated rings. The number of rotatable bonds is 2. The number of fused-ring (bicyclic) bond motifs is 2. The Hall–Kier alpha value is -1.94. The Balaban J connectivity index is 1.99. The Morgan fingerprint density at radius 1 is 1.16 bits per heavy atom. The van der Waals surface area contributed by atoms with Gasteiger partial charge in [-0.25, -0.2) is 0 Å². The maximum Gasteiger partial charge on any atom is 0.310 e. The highest BCUT2D eigenvalue weighted by Crippen LogP contribution is 2.47. The number of benzene rings is 2. The Morgan fingerprint density at radius 2 is 1.95 bits per heavy atom. The van der Waals surface area contributed by atoms with Gasteiger partial charge in [0.1, 0.15) is 0 Å². The first kappa shape index (κ1) is 12.1. The molecule has 2 aromatic carbocycles. The summed E-state index contributed by atoms with van der Waals surface area (Å²) in [6, 6.07) is 13.8. The molecule has 1 N–H and O–H groups in total. The lowest BCUT2D eigenvalue weighted by atomic mass is 10.2. The van der Waals surface area contributed by atoms with Crippen molar-refractivity contribution in [2.24, 2.45) is 0 Å². The van der Waals surface area contributed by atoms with Crippen molar-refractivity contribution in [3.8, 4) is 5.75 Å². The third-order valence-electron chi connectivity index (χ3n) is 2.87. The van der Waals surface area contributed by atoms with Gasteiger partial charge in [-0.05, 0) is 24.3 Å². The normalized spacial score (nSPS) is 12.1. The van der Waals surface area contributed by atoms with E-state index in [1.54, 1.807) is 18.7 Å². The van der Waals surface area contributed by atoms with Gasteiger partial charge in [0.15, 0.2) is 5.75 Å². The van der Waals surface area contributed by atoms with Crippen LogP contribution in [0.3, 0.4) is 0 Å². The molecule has 96 valence electrons. The minimum Gasteiger partial charge on any atom is -0.424 e. The molecule has 0 amide bonds. The molecule has 0 aromatic heterocycles. The molecule has 0 saturated heterocycles. The van der Waals surface area contributed by atoms with E-state index in [1.165, 1.54) is 4.90 Å². The first-order valence-corrected chi connectivity index (χ1v) is 6.97. The zero-order valence-corrected chi connectivity index (χ0v) is 11.3. The molecule has 4 heteroatoms. The lowest BCUT2D eigenvalue weighted by Crippen LogP contribution is -2.09. The Morgan fingerprint density at radius 3 is 2.79 bits per heavy atom. The molecule has 3 nitrogen and oxygen atoms in total. The highest BCUT2D eigenvalue weighted by atomic mass is 32.2. The smallest absolute Gasteiger partial charge is 0.310 e. The molecule has 1 aliphatic rings. The Bertz CT molecular complexity index is 640. The van der Waals surface area contributed by atoms with Crippen LogP contribution in [0.5, 0.6) is 5.75 Å². The molecule has 0 aliphatic carbocycles. The van der Waals surface area contributed by atoms with Crippen LogP contribution in [0.25, 0.3) is 0 Å². The summed E-state index contributed by atoms with van der Waals surface area (Å²) >= 11 is 1.68. The summed E-state index contributed by atoms with van der Waals surface area (Å²) in [5.41, 5.74) is 1.91. The maximum atomic E-state index is 11.5. The van der Waals surface area contributed by atoms with Gasteiger partial charge in [-0.15, -0.1) is 0 Å². The van der Waals surface area contributed by atoms with E-state index >= 15 is 0 Å². The van der Waals surface area contributed by atoms with Crippen LogP contribution >= 0.6 is 11.8 Å². The SMILES string of the molecule is CCC(=O)Oc1cccc2c1Nc1ccccc1S2. The van der Waals surface area contributed by atoms with Crippen LogP contribution in [0.4, 0.5) is 11.4 Å². The molecule has 19 heavy (non-hydrogen) atoms. The van der Waals surface area contributed by atoms with Crippen LogP contribution in [-0.2, 0) is 4.79 Å². The minimum absolute atomic E-state index is 0.223. The lowest BCUT2D eigenvalue weighted by molar-refractivity contribution is -0.133. The van der Waals surface area contributed by atoms with Crippen LogP contribution in [-0.4, -0.2) is 5.97 Å². The van der Waals surface area contributed by atoms with Crippen molar-refractivity contribution in [2.45, 2.75) is 23.1 Å². The van der Waals surface area contributed by atoms with Crippen molar-refractivity contribution in [2.75, 3.05) is 5.32 Å². The number of carbonyl (C=O) groups is 1. The predicted molar refractivity (Wildman–Crippen MR) is 76.2 cm³/mol. The van der Waals surface area contributed by atoms with Crippen molar-refractivity contribution in [1.82, 2.24) is 0 Å². The molecule has 0 unspecified atom stereocenters. The van der Waals surface area contributed by atoms with Crippen molar-refractivity contribution < 1.29 is 9.53 Å². The van der Waals surface area contributed by atoms with Gasteiger partial charge in [0, 0.05) is 16.2 Å². The molecule has 1 heterocycles. The van der Waals surface area contributed by atoms with Gasteiger partial charge in [-0.3, -0.25) is 4.79 Å². The molecule has 0 spiro atoms. The fourth-order valence-corrected chi connectivity index (χ4v) is 2.92. The fraction of sp³-hybridized carbons (Fsp3) is 0.133. The quantitative estimate of drug-likeness (QED) is 0.559. The largest absolute Gasteiger partial charge is 0.424 e. The van der Waals surface area contributed by atoms with Gasteiger partial charge in [0.05, 0.1) is 11.4 Å². The molecule has 0 bridgehead atoms. The van der Waals surface area contributed by atoms with Gasteiger partial charge < -0.3 is 10.1 Å². The predicted octanol–water partition coefficient (Wildman–Crippen LogP) is 4.21. The minimum atomic E-state index is -0.223. The van der Waals surface area contributed by atoms with Crippen molar-refractivity contribution in [3.05, 3.63) is 42.5 Å². The summed E-state index contributed by atoms with van der Waals surface area (Å²) in [5.74, 6) is 0.366. The number of para-hydroxylation sites is 2. The molecular weight excluding hydrogens is 258 g/mol. The first-order valence-electron chi connectivity index (χ1n) is 6.15. The maximum absolute atomic E-state index is 11.5. The summed E-state index contributed by atoms with van der Waals surface area (Å²) in [4.78, 5) is 13.7. The van der Waals surface area contributed by atoms with E-state index in [0.717, 1.165) is 16.3 Å². The monoisotopic (exact) mass is 271 g/mol. The summed E-state index contributed by atoms with van der Waals surface area (Å²) in [6.07, 6.45) is 0.368. The number of nitrogens with one attached hydrogen (secondary N) is 1. The first-order chi connectivity index (χ1) is 9.28. The summed E-state index contributed by atoms with van der Waals surface area (Å²) in [5, 5.41) is 3.34. The van der Waals surface area contributed by atoms with Gasteiger partial charge >= 0.3 is 5.97 Å². The average molecular weight is 271 g/mol. The van der Waals surface area contributed by atoms with Crippen molar-refractivity contribution >= 4 is 29.1 Å². The second kappa shape index (κ2) is 4.97. The van der Waals surface area contributed by atoms with Crippen molar-refractivity contribution in [3.63, 3.8) is 0 Å². The van der Waals surface area contributed by atoms with Gasteiger partial charge in [-0.2, -0.15) is 0 Å². The summed E-state index contributed by atoms with van der Waals surface area (Å²) in [6.45, 7) is 1.79. The van der Waals surface area contributed by atoms with Gasteiger partial charge in [0.25, 0.3) is 0 Å². The molecule has 0 saturated carbocycles. The highest BCUT2D eigenvalue weighted by molar-refractivity contribution is 7.99. The van der Waals surface area contributed by atoms with E-state index in [-0.39, 0.29) is 5.97 Å². The topological polar surface area (TPSA) is 38.3 Å². The second-order valence-corrected chi connectivity index (χ2v) is 5.26. The molecule has 0 radical (unpaired) electrons. The Kier molecular flexibility index (Phi) is 3.17.